The minimum atomic E-state index is -1.04. The van der Waals surface area contributed by atoms with Crippen LogP contribution in [0.4, 0.5) is 4.79 Å². The summed E-state index contributed by atoms with van der Waals surface area (Å²) in [5, 5.41) is 12.2. The topological polar surface area (TPSA) is 108 Å². The number of benzene rings is 2. The molecule has 1 fully saturated rings. The summed E-state index contributed by atoms with van der Waals surface area (Å²) in [4.78, 5) is 42.7. The second kappa shape index (κ2) is 9.05. The van der Waals surface area contributed by atoms with Crippen LogP contribution in [0, 0.1) is 0 Å². The molecule has 0 bridgehead atoms. The second-order valence-corrected chi connectivity index (χ2v) is 9.57. The summed E-state index contributed by atoms with van der Waals surface area (Å²) in [7, 11) is 0. The average Bonchev–Trinajstić information content (AvgIpc) is 2.69. The van der Waals surface area contributed by atoms with Crippen molar-refractivity contribution in [3.05, 3.63) is 71.3 Å². The molecule has 1 aliphatic rings. The Morgan fingerprint density at radius 3 is 2.33 bits per heavy atom. The number of carboxylic acids is 1. The SMILES string of the molecule is CC(C)(C)OC(=O)N=C1NC(=O)CC(C)(C)N1C(c1ccccc1)c1cccc(C(=O)O)c1. The highest BCUT2D eigenvalue weighted by atomic mass is 16.6. The fraction of sp³-hybridized carbons (Fsp3) is 0.360. The lowest BCUT2D eigenvalue weighted by atomic mass is 9.88. The minimum Gasteiger partial charge on any atom is -0.478 e. The summed E-state index contributed by atoms with van der Waals surface area (Å²) in [6.45, 7) is 8.96. The smallest absolute Gasteiger partial charge is 0.437 e. The normalized spacial score (nSPS) is 17.9. The van der Waals surface area contributed by atoms with Crippen LogP contribution in [0.1, 0.15) is 68.6 Å². The lowest BCUT2D eigenvalue weighted by molar-refractivity contribution is -0.123. The summed E-state index contributed by atoms with van der Waals surface area (Å²) in [5.74, 6) is -1.26. The molecule has 8 nitrogen and oxygen atoms in total. The molecular formula is C25H29N3O5. The Bertz CT molecular complexity index is 1090. The number of carbonyl (C=O) groups excluding carboxylic acids is 2. The van der Waals surface area contributed by atoms with Crippen molar-refractivity contribution in [2.24, 2.45) is 4.99 Å². The van der Waals surface area contributed by atoms with Crippen LogP contribution in [0.3, 0.4) is 0 Å². The van der Waals surface area contributed by atoms with Gasteiger partial charge in [0.15, 0.2) is 0 Å². The summed E-state index contributed by atoms with van der Waals surface area (Å²) in [6.07, 6.45) is -0.672. The molecule has 0 aromatic heterocycles. The first kappa shape index (κ1) is 24.0. The number of amides is 2. The van der Waals surface area contributed by atoms with Gasteiger partial charge in [0.25, 0.3) is 0 Å². The van der Waals surface area contributed by atoms with Crippen LogP contribution in [-0.2, 0) is 9.53 Å². The van der Waals surface area contributed by atoms with Crippen LogP contribution in [0.25, 0.3) is 0 Å². The van der Waals surface area contributed by atoms with Gasteiger partial charge in [0.05, 0.1) is 11.6 Å². The molecule has 1 saturated heterocycles. The van der Waals surface area contributed by atoms with E-state index in [2.05, 4.69) is 10.3 Å². The van der Waals surface area contributed by atoms with E-state index in [1.807, 2.05) is 55.1 Å². The van der Waals surface area contributed by atoms with E-state index in [4.69, 9.17) is 4.74 Å². The number of nitrogens with zero attached hydrogens (tertiary/aromatic N) is 2. The molecule has 0 aliphatic carbocycles. The molecule has 0 saturated carbocycles. The Morgan fingerprint density at radius 1 is 1.09 bits per heavy atom. The van der Waals surface area contributed by atoms with Crippen LogP contribution < -0.4 is 5.32 Å². The standard InChI is InChI=1S/C25H29N3O5/c1-24(2,3)33-23(32)27-22-26-19(29)15-25(4,5)28(22)20(16-10-7-6-8-11-16)17-12-9-13-18(14-17)21(30)31/h6-14,20H,15H2,1-5H3,(H,30,31)(H,26,27,29,32). The lowest BCUT2D eigenvalue weighted by Crippen LogP contribution is -2.62. The molecule has 2 aromatic rings. The summed E-state index contributed by atoms with van der Waals surface area (Å²) < 4.78 is 5.35. The van der Waals surface area contributed by atoms with Gasteiger partial charge in [0.1, 0.15) is 5.60 Å². The number of carboxylic acid groups (broad SMARTS) is 1. The maximum absolute atomic E-state index is 12.6. The van der Waals surface area contributed by atoms with Gasteiger partial charge in [-0.1, -0.05) is 42.5 Å². The van der Waals surface area contributed by atoms with Gasteiger partial charge in [-0.05, 0) is 57.9 Å². The van der Waals surface area contributed by atoms with Gasteiger partial charge >= 0.3 is 12.1 Å². The van der Waals surface area contributed by atoms with E-state index in [0.717, 1.165) is 5.56 Å². The number of hydrogen-bond donors (Lipinski definition) is 2. The van der Waals surface area contributed by atoms with E-state index in [9.17, 15) is 19.5 Å². The van der Waals surface area contributed by atoms with Gasteiger partial charge in [-0.25, -0.2) is 9.59 Å². The zero-order valence-electron chi connectivity index (χ0n) is 19.5. The third-order valence-corrected chi connectivity index (χ3v) is 5.14. The molecule has 2 N–H and O–H groups in total. The number of nitrogens with one attached hydrogen (secondary N) is 1. The van der Waals surface area contributed by atoms with Crippen molar-refractivity contribution in [1.82, 2.24) is 10.2 Å². The van der Waals surface area contributed by atoms with Crippen LogP contribution in [0.5, 0.6) is 0 Å². The molecule has 174 valence electrons. The third kappa shape index (κ3) is 5.77. The average molecular weight is 452 g/mol. The van der Waals surface area contributed by atoms with Crippen molar-refractivity contribution in [2.45, 2.75) is 58.2 Å². The van der Waals surface area contributed by atoms with Crippen LogP contribution >= 0.6 is 0 Å². The van der Waals surface area contributed by atoms with Gasteiger partial charge in [0.2, 0.25) is 11.9 Å². The van der Waals surface area contributed by atoms with E-state index >= 15 is 0 Å². The quantitative estimate of drug-likeness (QED) is 0.715. The van der Waals surface area contributed by atoms with Gasteiger partial charge in [-0.3, -0.25) is 10.1 Å². The molecule has 0 spiro atoms. The van der Waals surface area contributed by atoms with E-state index in [1.54, 1.807) is 32.9 Å². The Balaban J connectivity index is 2.20. The first-order valence-corrected chi connectivity index (χ1v) is 10.7. The number of ether oxygens (including phenoxy) is 1. The highest BCUT2D eigenvalue weighted by molar-refractivity contribution is 6.04. The monoisotopic (exact) mass is 451 g/mol. The molecule has 8 heteroatoms. The molecule has 1 aliphatic heterocycles. The maximum Gasteiger partial charge on any atom is 0.437 e. The highest BCUT2D eigenvalue weighted by Gasteiger charge is 2.43. The number of rotatable bonds is 4. The summed E-state index contributed by atoms with van der Waals surface area (Å²) >= 11 is 0. The zero-order valence-corrected chi connectivity index (χ0v) is 19.5. The maximum atomic E-state index is 12.6. The minimum absolute atomic E-state index is 0.0556. The number of aliphatic imine (C=N–C) groups is 1. The molecule has 2 aromatic carbocycles. The molecule has 1 atom stereocenters. The number of guanidine groups is 1. The van der Waals surface area contributed by atoms with Crippen molar-refractivity contribution >= 4 is 23.9 Å². The molecule has 0 radical (unpaired) electrons. The summed E-state index contributed by atoms with van der Waals surface area (Å²) in [5.41, 5.74) is 0.166. The van der Waals surface area contributed by atoms with Crippen molar-refractivity contribution in [2.75, 3.05) is 0 Å². The Hall–Kier alpha value is -3.68. The van der Waals surface area contributed by atoms with Crippen molar-refractivity contribution in [3.8, 4) is 0 Å². The molecule has 2 amide bonds. The number of carbonyl (C=O) groups is 3. The summed E-state index contributed by atoms with van der Waals surface area (Å²) in [6, 6.07) is 15.6. The Kier molecular flexibility index (Phi) is 6.58. The molecule has 3 rings (SSSR count). The molecule has 1 heterocycles. The zero-order chi connectivity index (χ0) is 24.4. The third-order valence-electron chi connectivity index (χ3n) is 5.14. The van der Waals surface area contributed by atoms with Gasteiger partial charge in [-0.2, -0.15) is 0 Å². The first-order valence-electron chi connectivity index (χ1n) is 10.7. The van der Waals surface area contributed by atoms with E-state index in [-0.39, 0.29) is 23.9 Å². The fourth-order valence-corrected chi connectivity index (χ4v) is 3.89. The van der Waals surface area contributed by atoms with Gasteiger partial charge in [-0.15, -0.1) is 4.99 Å². The van der Waals surface area contributed by atoms with Crippen molar-refractivity contribution in [3.63, 3.8) is 0 Å². The van der Waals surface area contributed by atoms with Crippen LogP contribution in [-0.4, -0.2) is 45.1 Å². The number of aromatic carboxylic acids is 1. The largest absolute Gasteiger partial charge is 0.478 e. The van der Waals surface area contributed by atoms with Crippen molar-refractivity contribution < 1.29 is 24.2 Å². The predicted molar refractivity (Wildman–Crippen MR) is 124 cm³/mol. The molecule has 1 unspecified atom stereocenters. The van der Waals surface area contributed by atoms with Gasteiger partial charge in [0, 0.05) is 12.0 Å². The molecule has 33 heavy (non-hydrogen) atoms. The van der Waals surface area contributed by atoms with E-state index < -0.39 is 29.2 Å². The van der Waals surface area contributed by atoms with E-state index in [1.165, 1.54) is 6.07 Å². The highest BCUT2D eigenvalue weighted by Crippen LogP contribution is 2.37. The Morgan fingerprint density at radius 2 is 1.73 bits per heavy atom. The van der Waals surface area contributed by atoms with E-state index in [0.29, 0.717) is 5.56 Å². The fourth-order valence-electron chi connectivity index (χ4n) is 3.89. The molecular weight excluding hydrogens is 422 g/mol. The van der Waals surface area contributed by atoms with Crippen LogP contribution in [0.15, 0.2) is 59.6 Å². The van der Waals surface area contributed by atoms with Crippen LogP contribution in [0.2, 0.25) is 0 Å². The first-order chi connectivity index (χ1) is 15.4. The second-order valence-electron chi connectivity index (χ2n) is 9.57. The lowest BCUT2D eigenvalue weighted by Gasteiger charge is -2.48. The van der Waals surface area contributed by atoms with Gasteiger partial charge < -0.3 is 14.7 Å². The Labute approximate surface area is 193 Å². The number of hydrogen-bond acceptors (Lipinski definition) is 4. The predicted octanol–water partition coefficient (Wildman–Crippen LogP) is 4.37. The van der Waals surface area contributed by atoms with Crippen molar-refractivity contribution in [1.29, 1.82) is 0 Å².